The summed E-state index contributed by atoms with van der Waals surface area (Å²) in [5.41, 5.74) is 0.862. The molecule has 1 fully saturated rings. The number of hydrogen-bond donors (Lipinski definition) is 0. The van der Waals surface area contributed by atoms with E-state index in [0.717, 1.165) is 23.6 Å². The molecule has 0 heterocycles. The predicted octanol–water partition coefficient (Wildman–Crippen LogP) is 8.38. The first kappa shape index (κ1) is 23.6. The van der Waals surface area contributed by atoms with Gasteiger partial charge in [-0.25, -0.2) is 0 Å². The van der Waals surface area contributed by atoms with E-state index in [1.807, 2.05) is 26.0 Å². The van der Waals surface area contributed by atoms with Crippen LogP contribution in [0.15, 0.2) is 42.5 Å². The fraction of sp³-hybridized carbons (Fsp3) is 0.519. The first-order chi connectivity index (χ1) is 14.6. The van der Waals surface area contributed by atoms with Gasteiger partial charge in [-0.3, -0.25) is 4.79 Å². The molecule has 0 aliphatic heterocycles. The Labute approximate surface area is 184 Å². The van der Waals surface area contributed by atoms with Crippen LogP contribution in [0.3, 0.4) is 0 Å². The number of rotatable bonds is 6. The Kier molecular flexibility index (Phi) is 7.28. The van der Waals surface area contributed by atoms with Crippen LogP contribution in [0.2, 0.25) is 0 Å². The Morgan fingerprint density at radius 3 is 2.39 bits per heavy atom. The van der Waals surface area contributed by atoms with Gasteiger partial charge in [-0.15, -0.1) is 0 Å². The topological polar surface area (TPSA) is 17.1 Å². The second kappa shape index (κ2) is 9.58. The van der Waals surface area contributed by atoms with Crippen LogP contribution in [0, 0.1) is 11.8 Å². The smallest absolute Gasteiger partial charge is 0.289 e. The minimum Gasteiger partial charge on any atom is -0.289 e. The molecule has 2 aromatic carbocycles. The molecule has 4 heteroatoms. The predicted molar refractivity (Wildman–Crippen MR) is 120 cm³/mol. The molecule has 1 nitrogen and oxygen atoms in total. The van der Waals surface area contributed by atoms with Gasteiger partial charge in [0.2, 0.25) is 0 Å². The molecule has 0 aromatic heterocycles. The molecule has 0 N–H and O–H groups in total. The van der Waals surface area contributed by atoms with Crippen LogP contribution in [0.4, 0.5) is 13.2 Å². The number of hydrogen-bond acceptors (Lipinski definition) is 1. The summed E-state index contributed by atoms with van der Waals surface area (Å²) in [6.45, 7) is 8.23. The fourth-order valence-corrected chi connectivity index (χ4v) is 5.07. The summed E-state index contributed by atoms with van der Waals surface area (Å²) in [4.78, 5) is 13.3. The van der Waals surface area contributed by atoms with Gasteiger partial charge in [0.1, 0.15) is 0 Å². The summed E-state index contributed by atoms with van der Waals surface area (Å²) >= 11 is 0. The second-order valence-corrected chi connectivity index (χ2v) is 9.65. The van der Waals surface area contributed by atoms with Gasteiger partial charge in [-0.2, -0.15) is 13.2 Å². The van der Waals surface area contributed by atoms with Crippen molar-refractivity contribution in [3.63, 3.8) is 0 Å². The first-order valence-corrected chi connectivity index (χ1v) is 11.4. The van der Waals surface area contributed by atoms with Crippen LogP contribution >= 0.6 is 0 Å². The maximum Gasteiger partial charge on any atom is 0.417 e. The maximum absolute atomic E-state index is 13.8. The molecule has 0 bridgehead atoms. The zero-order valence-corrected chi connectivity index (χ0v) is 18.9. The maximum atomic E-state index is 13.8. The van der Waals surface area contributed by atoms with Gasteiger partial charge in [-0.05, 0) is 59.8 Å². The highest BCUT2D eigenvalue weighted by molar-refractivity contribution is 6.11. The Morgan fingerprint density at radius 2 is 1.74 bits per heavy atom. The summed E-state index contributed by atoms with van der Waals surface area (Å²) in [6.07, 6.45) is 1.23. The largest absolute Gasteiger partial charge is 0.417 e. The van der Waals surface area contributed by atoms with E-state index in [9.17, 15) is 18.0 Å². The molecule has 31 heavy (non-hydrogen) atoms. The van der Waals surface area contributed by atoms with Gasteiger partial charge >= 0.3 is 6.18 Å². The highest BCUT2D eigenvalue weighted by Gasteiger charge is 2.36. The lowest BCUT2D eigenvalue weighted by molar-refractivity contribution is -0.137. The Balaban J connectivity index is 1.97. The number of ketones is 1. The van der Waals surface area contributed by atoms with Crippen molar-refractivity contribution in [3.8, 4) is 0 Å². The molecule has 168 valence electrons. The lowest BCUT2D eigenvalue weighted by Gasteiger charge is -2.29. The minimum atomic E-state index is -4.57. The lowest BCUT2D eigenvalue weighted by atomic mass is 9.77. The molecule has 3 atom stereocenters. The monoisotopic (exact) mass is 430 g/mol. The Hall–Kier alpha value is -2.10. The summed E-state index contributed by atoms with van der Waals surface area (Å²) in [5.74, 6) is 0.927. The van der Waals surface area contributed by atoms with Gasteiger partial charge in [0.25, 0.3) is 0 Å². The molecule has 3 rings (SSSR count). The van der Waals surface area contributed by atoms with Crippen LogP contribution < -0.4 is 0 Å². The van der Waals surface area contributed by atoms with E-state index < -0.39 is 17.5 Å². The third-order valence-corrected chi connectivity index (χ3v) is 6.72. The van der Waals surface area contributed by atoms with Gasteiger partial charge in [0.15, 0.2) is 5.78 Å². The zero-order chi connectivity index (χ0) is 22.8. The minimum absolute atomic E-state index is 0.0462. The van der Waals surface area contributed by atoms with Gasteiger partial charge in [-0.1, -0.05) is 77.3 Å². The lowest BCUT2D eigenvalue weighted by Crippen LogP contribution is -2.17. The van der Waals surface area contributed by atoms with Crippen LogP contribution in [-0.4, -0.2) is 5.78 Å². The number of halogens is 3. The summed E-state index contributed by atoms with van der Waals surface area (Å²) in [5, 5.41) is 0. The van der Waals surface area contributed by atoms with Crippen LogP contribution in [0.25, 0.3) is 0 Å². The molecular formula is C27H33F3O. The van der Waals surface area contributed by atoms with Gasteiger partial charge in [0.05, 0.1) is 5.56 Å². The van der Waals surface area contributed by atoms with Crippen molar-refractivity contribution < 1.29 is 18.0 Å². The summed E-state index contributed by atoms with van der Waals surface area (Å²) < 4.78 is 41.3. The number of carbonyl (C=O) groups is 1. The van der Waals surface area contributed by atoms with Crippen molar-refractivity contribution in [3.05, 3.63) is 70.3 Å². The first-order valence-electron chi connectivity index (χ1n) is 11.4. The molecule has 0 saturated heterocycles. The van der Waals surface area contributed by atoms with Crippen molar-refractivity contribution in [2.75, 3.05) is 0 Å². The van der Waals surface area contributed by atoms with E-state index in [1.54, 1.807) is 18.2 Å². The quantitative estimate of drug-likeness (QED) is 0.421. The van der Waals surface area contributed by atoms with Crippen LogP contribution in [0.5, 0.6) is 0 Å². The molecule has 1 aliphatic rings. The van der Waals surface area contributed by atoms with Crippen LogP contribution in [-0.2, 0) is 6.18 Å². The summed E-state index contributed by atoms with van der Waals surface area (Å²) in [7, 11) is 0. The molecule has 3 unspecified atom stereocenters. The average molecular weight is 431 g/mol. The van der Waals surface area contributed by atoms with E-state index in [2.05, 4.69) is 13.8 Å². The molecule has 0 amide bonds. The van der Waals surface area contributed by atoms with Crippen molar-refractivity contribution in [1.29, 1.82) is 0 Å². The Morgan fingerprint density at radius 1 is 1.03 bits per heavy atom. The highest BCUT2D eigenvalue weighted by Crippen LogP contribution is 2.38. The van der Waals surface area contributed by atoms with Crippen molar-refractivity contribution in [2.24, 2.45) is 11.8 Å². The Bertz CT molecular complexity index is 913. The second-order valence-electron chi connectivity index (χ2n) is 9.65. The number of benzene rings is 2. The standard InChI is InChI=1S/C27H33F3O/c1-17(2)22-10-5-6-11-23(22)26(31)24-16-21(12-13-25(24)27(28,29)30)19(4)15-20-9-7-8-18(3)14-20/h5-6,10-13,16-20H,7-9,14-15H2,1-4H3. The van der Waals surface area contributed by atoms with E-state index in [1.165, 1.54) is 31.7 Å². The number of alkyl halides is 3. The third kappa shape index (κ3) is 5.58. The van der Waals surface area contributed by atoms with Crippen molar-refractivity contribution >= 4 is 5.78 Å². The molecule has 1 aliphatic carbocycles. The normalized spacial score (nSPS) is 20.6. The van der Waals surface area contributed by atoms with E-state index in [-0.39, 0.29) is 17.4 Å². The molecular weight excluding hydrogens is 397 g/mol. The van der Waals surface area contributed by atoms with E-state index >= 15 is 0 Å². The van der Waals surface area contributed by atoms with Crippen molar-refractivity contribution in [1.82, 2.24) is 0 Å². The van der Waals surface area contributed by atoms with Crippen molar-refractivity contribution in [2.45, 2.75) is 77.8 Å². The van der Waals surface area contributed by atoms with E-state index in [4.69, 9.17) is 0 Å². The molecule has 1 saturated carbocycles. The van der Waals surface area contributed by atoms with Gasteiger partial charge < -0.3 is 0 Å². The number of carbonyl (C=O) groups excluding carboxylic acids is 1. The molecule has 0 radical (unpaired) electrons. The summed E-state index contributed by atoms with van der Waals surface area (Å²) in [6, 6.07) is 11.1. The third-order valence-electron chi connectivity index (χ3n) is 6.72. The van der Waals surface area contributed by atoms with Crippen LogP contribution in [0.1, 0.15) is 104 Å². The molecule has 0 spiro atoms. The SMILES string of the molecule is CC1CCCC(CC(C)c2ccc(C(F)(F)F)c(C(=O)c3ccccc3C(C)C)c2)C1. The van der Waals surface area contributed by atoms with E-state index in [0.29, 0.717) is 17.4 Å². The molecule has 2 aromatic rings. The van der Waals surface area contributed by atoms with Gasteiger partial charge in [0, 0.05) is 11.1 Å². The highest BCUT2D eigenvalue weighted by atomic mass is 19.4. The zero-order valence-electron chi connectivity index (χ0n) is 18.9. The average Bonchev–Trinajstić information content (AvgIpc) is 2.72. The fourth-order valence-electron chi connectivity index (χ4n) is 5.07.